The standard InChI is InChI=1S/C13H10ClNO/c14-11-7-10-9-4-2-1-3-8(9)5-6-12(10)15-13(11)16/h1-4,7H,5-6H2,(H,15,16). The number of H-pyrrole nitrogens is 1. The van der Waals surface area contributed by atoms with Crippen molar-refractivity contribution in [2.45, 2.75) is 12.8 Å². The summed E-state index contributed by atoms with van der Waals surface area (Å²) >= 11 is 5.87. The summed E-state index contributed by atoms with van der Waals surface area (Å²) in [6.45, 7) is 0. The smallest absolute Gasteiger partial charge is 0.266 e. The predicted molar refractivity (Wildman–Crippen MR) is 64.9 cm³/mol. The molecule has 1 aromatic heterocycles. The third-order valence-electron chi connectivity index (χ3n) is 3.03. The number of hydrogen-bond acceptors (Lipinski definition) is 1. The molecule has 1 aliphatic carbocycles. The van der Waals surface area contributed by atoms with Gasteiger partial charge in [0, 0.05) is 11.3 Å². The molecular weight excluding hydrogens is 222 g/mol. The summed E-state index contributed by atoms with van der Waals surface area (Å²) < 4.78 is 0. The van der Waals surface area contributed by atoms with Crippen LogP contribution in [-0.4, -0.2) is 4.98 Å². The lowest BCUT2D eigenvalue weighted by Gasteiger charge is -2.19. The van der Waals surface area contributed by atoms with E-state index in [1.165, 1.54) is 11.1 Å². The van der Waals surface area contributed by atoms with Gasteiger partial charge in [0.2, 0.25) is 0 Å². The molecule has 16 heavy (non-hydrogen) atoms. The van der Waals surface area contributed by atoms with Crippen LogP contribution < -0.4 is 5.56 Å². The second kappa shape index (κ2) is 3.49. The van der Waals surface area contributed by atoms with Crippen molar-refractivity contribution in [2.75, 3.05) is 0 Å². The van der Waals surface area contributed by atoms with E-state index < -0.39 is 0 Å². The number of aromatic nitrogens is 1. The zero-order valence-electron chi connectivity index (χ0n) is 8.59. The number of halogens is 1. The number of pyridine rings is 1. The van der Waals surface area contributed by atoms with Crippen molar-refractivity contribution in [3.8, 4) is 11.1 Å². The summed E-state index contributed by atoms with van der Waals surface area (Å²) in [7, 11) is 0. The van der Waals surface area contributed by atoms with E-state index in [0.717, 1.165) is 24.1 Å². The minimum atomic E-state index is -0.195. The predicted octanol–water partition coefficient (Wildman–Crippen LogP) is 2.79. The Hall–Kier alpha value is -1.54. The molecule has 1 aromatic carbocycles. The SMILES string of the molecule is O=c1[nH]c2c(cc1Cl)-c1ccccc1CC2. The monoisotopic (exact) mass is 231 g/mol. The van der Waals surface area contributed by atoms with Crippen LogP contribution in [-0.2, 0) is 12.8 Å². The zero-order valence-corrected chi connectivity index (χ0v) is 9.34. The summed E-state index contributed by atoms with van der Waals surface area (Å²) in [5.41, 5.74) is 4.36. The Kier molecular flexibility index (Phi) is 2.11. The molecule has 2 aromatic rings. The van der Waals surface area contributed by atoms with Crippen LogP contribution in [0.5, 0.6) is 0 Å². The summed E-state index contributed by atoms with van der Waals surface area (Å²) in [5, 5.41) is 0.260. The number of fused-ring (bicyclic) bond motifs is 3. The molecule has 3 heteroatoms. The molecule has 0 radical (unpaired) electrons. The van der Waals surface area contributed by atoms with Gasteiger partial charge in [-0.05, 0) is 30.0 Å². The third kappa shape index (κ3) is 1.38. The van der Waals surface area contributed by atoms with E-state index in [-0.39, 0.29) is 10.6 Å². The largest absolute Gasteiger partial charge is 0.324 e. The summed E-state index contributed by atoms with van der Waals surface area (Å²) in [4.78, 5) is 14.3. The van der Waals surface area contributed by atoms with Crippen LogP contribution in [0, 0.1) is 0 Å². The topological polar surface area (TPSA) is 32.9 Å². The number of hydrogen-bond donors (Lipinski definition) is 1. The van der Waals surface area contributed by atoms with Gasteiger partial charge in [-0.1, -0.05) is 35.9 Å². The normalized spacial score (nSPS) is 13.1. The molecule has 2 nitrogen and oxygen atoms in total. The van der Waals surface area contributed by atoms with Gasteiger partial charge in [-0.15, -0.1) is 0 Å². The molecular formula is C13H10ClNO. The van der Waals surface area contributed by atoms with E-state index in [1.54, 1.807) is 6.07 Å². The first-order chi connectivity index (χ1) is 7.75. The average molecular weight is 232 g/mol. The van der Waals surface area contributed by atoms with Crippen molar-refractivity contribution in [3.05, 3.63) is 57.0 Å². The van der Waals surface area contributed by atoms with Crippen LogP contribution >= 0.6 is 11.6 Å². The molecule has 0 aliphatic heterocycles. The van der Waals surface area contributed by atoms with E-state index in [2.05, 4.69) is 17.1 Å². The molecule has 0 spiro atoms. The number of nitrogens with one attached hydrogen (secondary N) is 1. The van der Waals surface area contributed by atoms with Crippen LogP contribution in [0.15, 0.2) is 35.1 Å². The van der Waals surface area contributed by atoms with E-state index in [9.17, 15) is 4.79 Å². The first-order valence-electron chi connectivity index (χ1n) is 5.25. The first kappa shape index (κ1) is 9.67. The van der Waals surface area contributed by atoms with Gasteiger partial charge >= 0.3 is 0 Å². The van der Waals surface area contributed by atoms with Gasteiger partial charge in [0.15, 0.2) is 0 Å². The van der Waals surface area contributed by atoms with Crippen molar-refractivity contribution >= 4 is 11.6 Å². The van der Waals surface area contributed by atoms with E-state index in [4.69, 9.17) is 11.6 Å². The Labute approximate surface area is 97.9 Å². The van der Waals surface area contributed by atoms with Gasteiger partial charge in [-0.3, -0.25) is 4.79 Å². The molecule has 0 unspecified atom stereocenters. The average Bonchev–Trinajstić information content (AvgIpc) is 2.31. The molecule has 1 aliphatic rings. The minimum absolute atomic E-state index is 0.195. The number of benzene rings is 1. The van der Waals surface area contributed by atoms with Crippen molar-refractivity contribution < 1.29 is 0 Å². The molecule has 0 amide bonds. The Morgan fingerprint density at radius 1 is 1.12 bits per heavy atom. The molecule has 1 heterocycles. The maximum Gasteiger partial charge on any atom is 0.266 e. The molecule has 0 saturated carbocycles. The Morgan fingerprint density at radius 3 is 2.81 bits per heavy atom. The summed E-state index contributed by atoms with van der Waals surface area (Å²) in [6.07, 6.45) is 1.85. The van der Waals surface area contributed by atoms with E-state index in [1.807, 2.05) is 12.1 Å². The number of aromatic amines is 1. The minimum Gasteiger partial charge on any atom is -0.324 e. The summed E-state index contributed by atoms with van der Waals surface area (Å²) in [5.74, 6) is 0. The van der Waals surface area contributed by atoms with Gasteiger partial charge in [0.1, 0.15) is 5.02 Å². The highest BCUT2D eigenvalue weighted by Gasteiger charge is 2.17. The van der Waals surface area contributed by atoms with E-state index in [0.29, 0.717) is 0 Å². The first-order valence-corrected chi connectivity index (χ1v) is 5.63. The van der Waals surface area contributed by atoms with Gasteiger partial charge < -0.3 is 4.98 Å². The third-order valence-corrected chi connectivity index (χ3v) is 3.31. The molecule has 0 bridgehead atoms. The van der Waals surface area contributed by atoms with Crippen LogP contribution in [0.1, 0.15) is 11.3 Å². The second-order valence-corrected chi connectivity index (χ2v) is 4.40. The molecule has 3 rings (SSSR count). The number of rotatable bonds is 0. The molecule has 0 fully saturated rings. The van der Waals surface area contributed by atoms with Gasteiger partial charge in [0.25, 0.3) is 5.56 Å². The fourth-order valence-electron chi connectivity index (χ4n) is 2.24. The zero-order chi connectivity index (χ0) is 11.1. The van der Waals surface area contributed by atoms with Gasteiger partial charge in [-0.25, -0.2) is 0 Å². The van der Waals surface area contributed by atoms with Crippen LogP contribution in [0.2, 0.25) is 5.02 Å². The van der Waals surface area contributed by atoms with Crippen molar-refractivity contribution in [1.82, 2.24) is 4.98 Å². The highest BCUT2D eigenvalue weighted by molar-refractivity contribution is 6.30. The molecule has 1 N–H and O–H groups in total. The van der Waals surface area contributed by atoms with Crippen LogP contribution in [0.25, 0.3) is 11.1 Å². The number of aryl methyl sites for hydroxylation is 2. The Bertz CT molecular complexity index is 616. The lowest BCUT2D eigenvalue weighted by Crippen LogP contribution is -2.14. The maximum absolute atomic E-state index is 11.4. The van der Waals surface area contributed by atoms with Crippen molar-refractivity contribution in [1.29, 1.82) is 0 Å². The lowest BCUT2D eigenvalue weighted by molar-refractivity contribution is 0.887. The lowest BCUT2D eigenvalue weighted by atomic mass is 9.89. The van der Waals surface area contributed by atoms with Gasteiger partial charge in [0.05, 0.1) is 0 Å². The Morgan fingerprint density at radius 2 is 1.94 bits per heavy atom. The van der Waals surface area contributed by atoms with Crippen molar-refractivity contribution in [2.24, 2.45) is 0 Å². The van der Waals surface area contributed by atoms with Crippen molar-refractivity contribution in [3.63, 3.8) is 0 Å². The Balaban J connectivity index is 2.32. The quantitative estimate of drug-likeness (QED) is 0.743. The molecule has 80 valence electrons. The maximum atomic E-state index is 11.4. The fourth-order valence-corrected chi connectivity index (χ4v) is 2.40. The fraction of sp³-hybridized carbons (Fsp3) is 0.154. The second-order valence-electron chi connectivity index (χ2n) is 4.00. The highest BCUT2D eigenvalue weighted by Crippen LogP contribution is 2.32. The van der Waals surface area contributed by atoms with Crippen LogP contribution in [0.4, 0.5) is 0 Å². The van der Waals surface area contributed by atoms with Gasteiger partial charge in [-0.2, -0.15) is 0 Å². The molecule has 0 atom stereocenters. The van der Waals surface area contributed by atoms with Crippen LogP contribution in [0.3, 0.4) is 0 Å². The molecule has 0 saturated heterocycles. The highest BCUT2D eigenvalue weighted by atomic mass is 35.5. The summed E-state index contributed by atoms with van der Waals surface area (Å²) in [6, 6.07) is 10.0. The van der Waals surface area contributed by atoms with E-state index >= 15 is 0 Å².